The molecule has 0 bridgehead atoms. The van der Waals surface area contributed by atoms with Crippen LogP contribution in [-0.4, -0.2) is 43.7 Å². The highest BCUT2D eigenvalue weighted by atomic mass is 19.4. The molecular formula is C8H15F3N2O. The van der Waals surface area contributed by atoms with Crippen molar-refractivity contribution in [3.8, 4) is 0 Å². The zero-order chi connectivity index (χ0) is 11.2. The Labute approximate surface area is 81.3 Å². The van der Waals surface area contributed by atoms with Crippen LogP contribution in [0.1, 0.15) is 13.3 Å². The summed E-state index contributed by atoms with van der Waals surface area (Å²) in [7, 11) is 1.15. The molecule has 6 heteroatoms. The minimum absolute atomic E-state index is 0.0976. The molecular weight excluding hydrogens is 197 g/mol. The topological polar surface area (TPSA) is 32.3 Å². The van der Waals surface area contributed by atoms with Gasteiger partial charge in [-0.05, 0) is 6.54 Å². The van der Waals surface area contributed by atoms with Gasteiger partial charge >= 0.3 is 6.18 Å². The average molecular weight is 212 g/mol. The molecule has 0 unspecified atom stereocenters. The van der Waals surface area contributed by atoms with Gasteiger partial charge in [-0.15, -0.1) is 0 Å². The molecule has 0 saturated carbocycles. The van der Waals surface area contributed by atoms with E-state index in [0.29, 0.717) is 18.0 Å². The number of carbonyl (C=O) groups is 1. The van der Waals surface area contributed by atoms with E-state index >= 15 is 0 Å². The summed E-state index contributed by atoms with van der Waals surface area (Å²) in [6.45, 7) is 1.80. The summed E-state index contributed by atoms with van der Waals surface area (Å²) in [5, 5.41) is 2.87. The Morgan fingerprint density at radius 2 is 2.00 bits per heavy atom. The third-order valence-electron chi connectivity index (χ3n) is 1.61. The van der Waals surface area contributed by atoms with Gasteiger partial charge in [0.15, 0.2) is 0 Å². The van der Waals surface area contributed by atoms with Crippen LogP contribution in [0.2, 0.25) is 0 Å². The van der Waals surface area contributed by atoms with Crippen LogP contribution in [0.3, 0.4) is 0 Å². The molecule has 0 aromatic carbocycles. The van der Waals surface area contributed by atoms with Crippen molar-refractivity contribution < 1.29 is 18.0 Å². The van der Waals surface area contributed by atoms with E-state index in [4.69, 9.17) is 0 Å². The summed E-state index contributed by atoms with van der Waals surface area (Å²) < 4.78 is 35.5. The Bertz CT molecular complexity index is 182. The van der Waals surface area contributed by atoms with Crippen LogP contribution >= 0.6 is 0 Å². The van der Waals surface area contributed by atoms with Crippen molar-refractivity contribution in [2.24, 2.45) is 0 Å². The maximum absolute atomic E-state index is 11.8. The first-order valence-corrected chi connectivity index (χ1v) is 4.38. The SMILES string of the molecule is CCNCCC(=O)N(C)CC(F)(F)F. The van der Waals surface area contributed by atoms with E-state index in [1.165, 1.54) is 0 Å². The van der Waals surface area contributed by atoms with Gasteiger partial charge in [0.2, 0.25) is 5.91 Å². The number of hydrogen-bond acceptors (Lipinski definition) is 2. The van der Waals surface area contributed by atoms with Gasteiger partial charge in [-0.2, -0.15) is 13.2 Å². The first kappa shape index (κ1) is 13.2. The third-order valence-corrected chi connectivity index (χ3v) is 1.61. The first-order chi connectivity index (χ1) is 6.37. The average Bonchev–Trinajstić information content (AvgIpc) is 2.01. The Hall–Kier alpha value is -0.780. The maximum Gasteiger partial charge on any atom is 0.406 e. The van der Waals surface area contributed by atoms with Crippen LogP contribution in [0.5, 0.6) is 0 Å². The molecule has 0 aromatic rings. The summed E-state index contributed by atoms with van der Waals surface area (Å²) in [6, 6.07) is 0. The summed E-state index contributed by atoms with van der Waals surface area (Å²) in [5.41, 5.74) is 0. The molecule has 14 heavy (non-hydrogen) atoms. The Balaban J connectivity index is 3.77. The number of halogens is 3. The highest BCUT2D eigenvalue weighted by molar-refractivity contribution is 5.76. The molecule has 0 aliphatic carbocycles. The number of amides is 1. The predicted octanol–water partition coefficient (Wildman–Crippen LogP) is 1.01. The van der Waals surface area contributed by atoms with E-state index in [1.807, 2.05) is 6.92 Å². The van der Waals surface area contributed by atoms with Gasteiger partial charge in [-0.1, -0.05) is 6.92 Å². The smallest absolute Gasteiger partial charge is 0.337 e. The number of alkyl halides is 3. The van der Waals surface area contributed by atoms with E-state index in [-0.39, 0.29) is 6.42 Å². The molecule has 0 aliphatic rings. The summed E-state index contributed by atoms with van der Waals surface area (Å²) in [4.78, 5) is 11.8. The molecule has 84 valence electrons. The largest absolute Gasteiger partial charge is 0.406 e. The normalized spacial score (nSPS) is 11.5. The minimum atomic E-state index is -4.32. The monoisotopic (exact) mass is 212 g/mol. The van der Waals surface area contributed by atoms with Crippen molar-refractivity contribution in [2.45, 2.75) is 19.5 Å². The Morgan fingerprint density at radius 3 is 2.43 bits per heavy atom. The molecule has 3 nitrogen and oxygen atoms in total. The minimum Gasteiger partial charge on any atom is -0.337 e. The molecule has 1 amide bonds. The second-order valence-electron chi connectivity index (χ2n) is 2.97. The third kappa shape index (κ3) is 6.71. The lowest BCUT2D eigenvalue weighted by atomic mass is 10.3. The zero-order valence-corrected chi connectivity index (χ0v) is 8.32. The maximum atomic E-state index is 11.8. The van der Waals surface area contributed by atoms with E-state index < -0.39 is 18.6 Å². The summed E-state index contributed by atoms with van der Waals surface area (Å²) in [6.07, 6.45) is -4.22. The lowest BCUT2D eigenvalue weighted by molar-refractivity contribution is -0.158. The Kier molecular flexibility index (Phi) is 5.52. The highest BCUT2D eigenvalue weighted by Gasteiger charge is 2.30. The molecule has 0 spiro atoms. The van der Waals surface area contributed by atoms with Crippen molar-refractivity contribution in [1.29, 1.82) is 0 Å². The van der Waals surface area contributed by atoms with Crippen molar-refractivity contribution >= 4 is 5.91 Å². The lowest BCUT2D eigenvalue weighted by Crippen LogP contribution is -2.37. The highest BCUT2D eigenvalue weighted by Crippen LogP contribution is 2.15. The summed E-state index contributed by atoms with van der Waals surface area (Å²) >= 11 is 0. The van der Waals surface area contributed by atoms with E-state index in [2.05, 4.69) is 5.32 Å². The fraction of sp³-hybridized carbons (Fsp3) is 0.875. The van der Waals surface area contributed by atoms with E-state index in [9.17, 15) is 18.0 Å². The molecule has 0 aromatic heterocycles. The van der Waals surface area contributed by atoms with Crippen molar-refractivity contribution in [3.63, 3.8) is 0 Å². The van der Waals surface area contributed by atoms with Crippen molar-refractivity contribution in [2.75, 3.05) is 26.7 Å². The number of carbonyl (C=O) groups excluding carboxylic acids is 1. The molecule has 0 fully saturated rings. The molecule has 0 saturated heterocycles. The van der Waals surface area contributed by atoms with Crippen molar-refractivity contribution in [1.82, 2.24) is 10.2 Å². The summed E-state index contributed by atoms with van der Waals surface area (Å²) in [5.74, 6) is -0.497. The van der Waals surface area contributed by atoms with Crippen LogP contribution in [0, 0.1) is 0 Å². The van der Waals surface area contributed by atoms with Crippen LogP contribution < -0.4 is 5.32 Å². The molecule has 0 heterocycles. The van der Waals surface area contributed by atoms with Gasteiger partial charge in [0.25, 0.3) is 0 Å². The van der Waals surface area contributed by atoms with Gasteiger partial charge in [-0.3, -0.25) is 4.79 Å². The van der Waals surface area contributed by atoms with Crippen LogP contribution in [0.15, 0.2) is 0 Å². The van der Waals surface area contributed by atoms with Gasteiger partial charge in [0.05, 0.1) is 0 Å². The van der Waals surface area contributed by atoms with E-state index in [1.54, 1.807) is 0 Å². The predicted molar refractivity (Wildman–Crippen MR) is 46.9 cm³/mol. The lowest BCUT2D eigenvalue weighted by Gasteiger charge is -2.18. The van der Waals surface area contributed by atoms with Crippen LogP contribution in [0.25, 0.3) is 0 Å². The Morgan fingerprint density at radius 1 is 1.43 bits per heavy atom. The van der Waals surface area contributed by atoms with Gasteiger partial charge in [-0.25, -0.2) is 0 Å². The standard InChI is InChI=1S/C8H15F3N2O/c1-3-12-5-4-7(14)13(2)6-8(9,10)11/h12H,3-6H2,1-2H3. The molecule has 0 aliphatic heterocycles. The van der Waals surface area contributed by atoms with Crippen LogP contribution in [-0.2, 0) is 4.79 Å². The van der Waals surface area contributed by atoms with Crippen LogP contribution in [0.4, 0.5) is 13.2 Å². The number of rotatable bonds is 5. The van der Waals surface area contributed by atoms with Gasteiger partial charge in [0, 0.05) is 20.0 Å². The zero-order valence-electron chi connectivity index (χ0n) is 8.32. The molecule has 1 N–H and O–H groups in total. The number of hydrogen-bond donors (Lipinski definition) is 1. The number of nitrogens with one attached hydrogen (secondary N) is 1. The quantitative estimate of drug-likeness (QED) is 0.690. The second-order valence-corrected chi connectivity index (χ2v) is 2.97. The molecule has 0 rings (SSSR count). The second kappa shape index (κ2) is 5.85. The fourth-order valence-electron chi connectivity index (χ4n) is 0.920. The first-order valence-electron chi connectivity index (χ1n) is 4.38. The van der Waals surface area contributed by atoms with Gasteiger partial charge in [0.1, 0.15) is 6.54 Å². The van der Waals surface area contributed by atoms with Crippen molar-refractivity contribution in [3.05, 3.63) is 0 Å². The molecule has 0 atom stereocenters. The number of nitrogens with zero attached hydrogens (tertiary/aromatic N) is 1. The molecule has 0 radical (unpaired) electrons. The fourth-order valence-corrected chi connectivity index (χ4v) is 0.920. The van der Waals surface area contributed by atoms with E-state index in [0.717, 1.165) is 7.05 Å². The van der Waals surface area contributed by atoms with Gasteiger partial charge < -0.3 is 10.2 Å².